The molecule has 0 aliphatic rings. The maximum atomic E-state index is 12.8. The maximum Gasteiger partial charge on any atom is 0.416 e. The molecule has 3 N–H and O–H groups in total. The molecule has 0 heterocycles. The number of rotatable bonds is 6. The summed E-state index contributed by atoms with van der Waals surface area (Å²) in [5.41, 5.74) is 7.30. The highest BCUT2D eigenvalue weighted by molar-refractivity contribution is 6.07. The van der Waals surface area contributed by atoms with Gasteiger partial charge in [0.25, 0.3) is 0 Å². The Morgan fingerprint density at radius 2 is 1.44 bits per heavy atom. The fraction of sp³-hybridized carbons (Fsp3) is 0.0400. The number of benzene rings is 3. The van der Waals surface area contributed by atoms with Gasteiger partial charge in [-0.2, -0.15) is 13.2 Å². The third-order valence-electron chi connectivity index (χ3n) is 4.48. The quantitative estimate of drug-likeness (QED) is 0.290. The number of para-hydroxylation sites is 2. The molecule has 0 unspecified atom stereocenters. The molecule has 0 aliphatic carbocycles. The van der Waals surface area contributed by atoms with E-state index < -0.39 is 17.5 Å². The summed E-state index contributed by atoms with van der Waals surface area (Å²) in [6.07, 6.45) is 1.22. The second-order valence-electron chi connectivity index (χ2n) is 6.85. The molecule has 0 aromatic heterocycles. The predicted octanol–water partition coefficient (Wildman–Crippen LogP) is 5.84. The van der Waals surface area contributed by atoms with E-state index in [0.717, 1.165) is 17.7 Å². The van der Waals surface area contributed by atoms with E-state index in [0.29, 0.717) is 16.9 Å². The zero-order valence-electron chi connectivity index (χ0n) is 16.8. The number of amides is 1. The van der Waals surface area contributed by atoms with Crippen LogP contribution in [-0.2, 0) is 11.0 Å². The minimum Gasteiger partial charge on any atom is -0.397 e. The molecule has 0 fully saturated rings. The second-order valence-corrected chi connectivity index (χ2v) is 6.85. The van der Waals surface area contributed by atoms with Crippen LogP contribution >= 0.6 is 0 Å². The van der Waals surface area contributed by atoms with Gasteiger partial charge in [-0.1, -0.05) is 54.6 Å². The molecule has 0 aliphatic heterocycles. The first kappa shape index (κ1) is 22.6. The molecular weight excluding hydrogens is 417 g/mol. The topological polar surface area (TPSA) is 72.2 Å². The molecule has 1 amide bonds. The van der Waals surface area contributed by atoms with Crippen LogP contribution in [0.5, 0.6) is 0 Å². The first-order valence-electron chi connectivity index (χ1n) is 9.56. The first-order chi connectivity index (χ1) is 15.2. The van der Waals surface area contributed by atoms with E-state index in [1.54, 1.807) is 54.6 Å². The smallest absolute Gasteiger partial charge is 0.397 e. The first-order valence-corrected chi connectivity index (χ1v) is 9.56. The molecule has 3 aromatic rings. The summed E-state index contributed by atoms with van der Waals surface area (Å²) in [6, 6.07) is 18.1. The minimum atomic E-state index is -4.51. The van der Waals surface area contributed by atoms with Gasteiger partial charge in [-0.25, -0.2) is 0 Å². The summed E-state index contributed by atoms with van der Waals surface area (Å²) in [6.45, 7) is 0. The second kappa shape index (κ2) is 9.78. The Balaban J connectivity index is 1.61. The van der Waals surface area contributed by atoms with E-state index in [9.17, 15) is 22.8 Å². The number of nitrogens with one attached hydrogen (secondary N) is 1. The van der Waals surface area contributed by atoms with E-state index >= 15 is 0 Å². The van der Waals surface area contributed by atoms with Crippen LogP contribution in [0.25, 0.3) is 12.2 Å². The zero-order chi connectivity index (χ0) is 23.1. The van der Waals surface area contributed by atoms with E-state index in [1.165, 1.54) is 30.4 Å². The fourth-order valence-electron chi connectivity index (χ4n) is 2.79. The van der Waals surface area contributed by atoms with Crippen molar-refractivity contribution in [1.82, 2.24) is 0 Å². The van der Waals surface area contributed by atoms with Crippen molar-refractivity contribution >= 4 is 35.2 Å². The number of hydrogen-bond donors (Lipinski definition) is 2. The van der Waals surface area contributed by atoms with Gasteiger partial charge in [0.1, 0.15) is 0 Å². The standard InChI is InChI=1S/C25H19F3N2O2/c26-25(27,28)20-5-3-4-19(16-20)23(31)14-12-17-8-10-18(11-9-17)13-15-24(32)30-22-7-2-1-6-21(22)29/h1-16H,29H2,(H,30,32)/b14-12+,15-13+. The lowest BCUT2D eigenvalue weighted by Crippen LogP contribution is -2.09. The Morgan fingerprint density at radius 1 is 0.812 bits per heavy atom. The van der Waals surface area contributed by atoms with Gasteiger partial charge >= 0.3 is 6.18 Å². The molecule has 0 atom stereocenters. The molecule has 0 spiro atoms. The van der Waals surface area contributed by atoms with E-state index in [1.807, 2.05) is 0 Å². The average molecular weight is 436 g/mol. The number of alkyl halides is 3. The number of halogens is 3. The van der Waals surface area contributed by atoms with Gasteiger partial charge in [0.15, 0.2) is 5.78 Å². The summed E-state index contributed by atoms with van der Waals surface area (Å²) in [5.74, 6) is -0.865. The average Bonchev–Trinajstić information content (AvgIpc) is 2.78. The third-order valence-corrected chi connectivity index (χ3v) is 4.48. The van der Waals surface area contributed by atoms with Gasteiger partial charge in [0.2, 0.25) is 5.91 Å². The van der Waals surface area contributed by atoms with Crippen molar-refractivity contribution in [2.75, 3.05) is 11.1 Å². The largest absolute Gasteiger partial charge is 0.416 e. The van der Waals surface area contributed by atoms with Gasteiger partial charge in [-0.3, -0.25) is 9.59 Å². The molecule has 3 rings (SSSR count). The lowest BCUT2D eigenvalue weighted by atomic mass is 10.1. The Labute approximate surface area is 182 Å². The van der Waals surface area contributed by atoms with E-state index in [2.05, 4.69) is 5.32 Å². The number of hydrogen-bond acceptors (Lipinski definition) is 3. The van der Waals surface area contributed by atoms with Crippen LogP contribution in [0.3, 0.4) is 0 Å². The lowest BCUT2D eigenvalue weighted by Gasteiger charge is -2.07. The monoisotopic (exact) mass is 436 g/mol. The van der Waals surface area contributed by atoms with Crippen LogP contribution < -0.4 is 11.1 Å². The van der Waals surface area contributed by atoms with Gasteiger partial charge in [-0.05, 0) is 47.5 Å². The van der Waals surface area contributed by atoms with Crippen LogP contribution in [0.15, 0.2) is 84.9 Å². The van der Waals surface area contributed by atoms with Gasteiger partial charge in [-0.15, -0.1) is 0 Å². The number of carbonyl (C=O) groups is 2. The number of nitrogen functional groups attached to an aromatic ring is 1. The van der Waals surface area contributed by atoms with Crippen LogP contribution in [0.4, 0.5) is 24.5 Å². The zero-order valence-corrected chi connectivity index (χ0v) is 16.8. The van der Waals surface area contributed by atoms with Crippen LogP contribution in [0, 0.1) is 0 Å². The number of anilines is 2. The predicted molar refractivity (Wildman–Crippen MR) is 120 cm³/mol. The Morgan fingerprint density at radius 3 is 2.06 bits per heavy atom. The number of allylic oxidation sites excluding steroid dienone is 1. The molecule has 0 saturated heterocycles. The highest BCUT2D eigenvalue weighted by Crippen LogP contribution is 2.29. The Kier molecular flexibility index (Phi) is 6.90. The molecule has 4 nitrogen and oxygen atoms in total. The summed E-state index contributed by atoms with van der Waals surface area (Å²) < 4.78 is 38.4. The van der Waals surface area contributed by atoms with Crippen molar-refractivity contribution in [1.29, 1.82) is 0 Å². The summed E-state index contributed by atoms with van der Waals surface area (Å²) >= 11 is 0. The molecule has 0 radical (unpaired) electrons. The van der Waals surface area contributed by atoms with Gasteiger partial charge in [0.05, 0.1) is 16.9 Å². The highest BCUT2D eigenvalue weighted by Gasteiger charge is 2.30. The van der Waals surface area contributed by atoms with Gasteiger partial charge in [0, 0.05) is 11.6 Å². The van der Waals surface area contributed by atoms with Crippen LogP contribution in [-0.4, -0.2) is 11.7 Å². The van der Waals surface area contributed by atoms with Crippen LogP contribution in [0.1, 0.15) is 27.0 Å². The molecule has 0 saturated carbocycles. The van der Waals surface area contributed by atoms with Gasteiger partial charge < -0.3 is 11.1 Å². The highest BCUT2D eigenvalue weighted by atomic mass is 19.4. The summed E-state index contributed by atoms with van der Waals surface area (Å²) in [5, 5.41) is 2.68. The molecular formula is C25H19F3N2O2. The van der Waals surface area contributed by atoms with Crippen LogP contribution in [0.2, 0.25) is 0 Å². The van der Waals surface area contributed by atoms with Crippen molar-refractivity contribution in [3.8, 4) is 0 Å². The van der Waals surface area contributed by atoms with Crippen molar-refractivity contribution in [3.63, 3.8) is 0 Å². The normalized spacial score (nSPS) is 11.7. The number of carbonyl (C=O) groups excluding carboxylic acids is 2. The summed E-state index contributed by atoms with van der Waals surface area (Å²) in [4.78, 5) is 24.2. The summed E-state index contributed by atoms with van der Waals surface area (Å²) in [7, 11) is 0. The van der Waals surface area contributed by atoms with Crippen molar-refractivity contribution < 1.29 is 22.8 Å². The Bertz CT molecular complexity index is 1180. The van der Waals surface area contributed by atoms with Crippen molar-refractivity contribution in [2.24, 2.45) is 0 Å². The molecule has 32 heavy (non-hydrogen) atoms. The van der Waals surface area contributed by atoms with E-state index in [-0.39, 0.29) is 11.5 Å². The van der Waals surface area contributed by atoms with Crippen molar-refractivity contribution in [3.05, 3.63) is 107 Å². The number of nitrogens with two attached hydrogens (primary N) is 1. The van der Waals surface area contributed by atoms with E-state index in [4.69, 9.17) is 5.73 Å². The molecule has 7 heteroatoms. The SMILES string of the molecule is Nc1ccccc1NC(=O)/C=C/c1ccc(/C=C/C(=O)c2cccc(C(F)(F)F)c2)cc1. The third kappa shape index (κ3) is 6.18. The minimum absolute atomic E-state index is 0.0410. The lowest BCUT2D eigenvalue weighted by molar-refractivity contribution is -0.137. The molecule has 3 aromatic carbocycles. The maximum absolute atomic E-state index is 12.8. The molecule has 162 valence electrons. The molecule has 0 bridgehead atoms. The number of ketones is 1. The Hall–Kier alpha value is -4.13. The fourth-order valence-corrected chi connectivity index (χ4v) is 2.79. The van der Waals surface area contributed by atoms with Crippen molar-refractivity contribution in [2.45, 2.75) is 6.18 Å².